The molecule has 0 bridgehead atoms. The zero-order valence-electron chi connectivity index (χ0n) is 6.11. The quantitative estimate of drug-likeness (QED) is 0.562. The van der Waals surface area contributed by atoms with Gasteiger partial charge in [0.25, 0.3) is 0 Å². The molecule has 0 radical (unpaired) electrons. The Kier molecular flexibility index (Phi) is 1.25. The van der Waals surface area contributed by atoms with E-state index < -0.39 is 0 Å². The van der Waals surface area contributed by atoms with E-state index in [2.05, 4.69) is 6.92 Å². The molecule has 0 atom stereocenters. The van der Waals surface area contributed by atoms with Crippen LogP contribution in [0.5, 0.6) is 0 Å². The van der Waals surface area contributed by atoms with E-state index in [4.69, 9.17) is 16.3 Å². The normalized spacial score (nSPS) is 26.0. The molecule has 0 aromatic rings. The summed E-state index contributed by atoms with van der Waals surface area (Å²) in [6, 6.07) is 0. The molecule has 2 saturated carbocycles. The highest BCUT2D eigenvalue weighted by molar-refractivity contribution is 6.29. The van der Waals surface area contributed by atoms with Gasteiger partial charge in [-0.3, -0.25) is 0 Å². The molecule has 1 nitrogen and oxygen atoms in total. The lowest BCUT2D eigenvalue weighted by Crippen LogP contribution is -2.05. The lowest BCUT2D eigenvalue weighted by atomic mass is 10.4. The second-order valence-electron chi connectivity index (χ2n) is 3.43. The fourth-order valence-electron chi connectivity index (χ4n) is 0.826. The van der Waals surface area contributed by atoms with Gasteiger partial charge in [-0.05, 0) is 49.8 Å². The first-order chi connectivity index (χ1) is 4.70. The Morgan fingerprint density at radius 3 is 2.50 bits per heavy atom. The van der Waals surface area contributed by atoms with Gasteiger partial charge in [0.05, 0.1) is 0 Å². The van der Waals surface area contributed by atoms with Crippen LogP contribution in [0.2, 0.25) is 0 Å². The third-order valence-electron chi connectivity index (χ3n) is 2.07. The molecule has 0 aliphatic heterocycles. The number of rotatable bonds is 2. The van der Waals surface area contributed by atoms with Gasteiger partial charge in [0, 0.05) is 0 Å². The Bertz CT molecular complexity index is 185. The van der Waals surface area contributed by atoms with Crippen LogP contribution in [-0.2, 0) is 4.74 Å². The number of ether oxygens (including phenoxy) is 1. The molecule has 2 heteroatoms. The maximum Gasteiger partial charge on any atom is 0.186 e. The summed E-state index contributed by atoms with van der Waals surface area (Å²) in [6.07, 6.45) is 4.62. The zero-order valence-corrected chi connectivity index (χ0v) is 6.87. The number of hydrogen-bond donors (Lipinski definition) is 0. The molecule has 0 amide bonds. The fourth-order valence-corrected chi connectivity index (χ4v) is 1.20. The molecule has 0 unspecified atom stereocenters. The smallest absolute Gasteiger partial charge is 0.186 e. The summed E-state index contributed by atoms with van der Waals surface area (Å²) in [6.45, 7) is 2.11. The van der Waals surface area contributed by atoms with E-state index in [1.165, 1.54) is 5.57 Å². The van der Waals surface area contributed by atoms with Crippen molar-refractivity contribution in [1.82, 2.24) is 0 Å². The molecule has 0 heterocycles. The molecule has 0 saturated heterocycles. The van der Waals surface area contributed by atoms with Crippen LogP contribution in [0.15, 0.2) is 10.8 Å². The number of allylic oxidation sites excluding steroid dienone is 1. The average Bonchev–Trinajstić information content (AvgIpc) is 2.60. The van der Waals surface area contributed by atoms with Gasteiger partial charge in [-0.1, -0.05) is 0 Å². The molecule has 2 rings (SSSR count). The van der Waals surface area contributed by atoms with Crippen molar-refractivity contribution in [2.75, 3.05) is 0 Å². The van der Waals surface area contributed by atoms with Crippen molar-refractivity contribution >= 4 is 11.6 Å². The van der Waals surface area contributed by atoms with Crippen molar-refractivity contribution in [1.29, 1.82) is 0 Å². The lowest BCUT2D eigenvalue weighted by Gasteiger charge is -2.10. The van der Waals surface area contributed by atoms with Crippen LogP contribution < -0.4 is 0 Å². The standard InChI is InChI=1S/C8H11ClO/c1-8(4-5-8)10-7(9)6-2-3-6/h2-5H2,1H3. The van der Waals surface area contributed by atoms with Crippen LogP contribution >= 0.6 is 11.6 Å². The van der Waals surface area contributed by atoms with Gasteiger partial charge >= 0.3 is 0 Å². The molecule has 0 aromatic carbocycles. The first-order valence-corrected chi connectivity index (χ1v) is 4.14. The van der Waals surface area contributed by atoms with Crippen molar-refractivity contribution in [3.8, 4) is 0 Å². The van der Waals surface area contributed by atoms with Crippen molar-refractivity contribution in [2.24, 2.45) is 0 Å². The summed E-state index contributed by atoms with van der Waals surface area (Å²) >= 11 is 5.86. The Balaban J connectivity index is 1.95. The van der Waals surface area contributed by atoms with Crippen LogP contribution in [0.3, 0.4) is 0 Å². The van der Waals surface area contributed by atoms with Crippen molar-refractivity contribution < 1.29 is 4.74 Å². The predicted octanol–water partition coefficient (Wildman–Crippen LogP) is 2.80. The van der Waals surface area contributed by atoms with E-state index in [9.17, 15) is 0 Å². The Morgan fingerprint density at radius 1 is 1.50 bits per heavy atom. The third kappa shape index (κ3) is 1.29. The van der Waals surface area contributed by atoms with Crippen LogP contribution in [0.4, 0.5) is 0 Å². The highest BCUT2D eigenvalue weighted by atomic mass is 35.5. The topological polar surface area (TPSA) is 9.23 Å². The highest BCUT2D eigenvalue weighted by Gasteiger charge is 2.41. The molecular formula is C8H11ClO. The van der Waals surface area contributed by atoms with Crippen molar-refractivity contribution in [3.05, 3.63) is 10.8 Å². The summed E-state index contributed by atoms with van der Waals surface area (Å²) in [4.78, 5) is 0. The highest BCUT2D eigenvalue weighted by Crippen LogP contribution is 2.44. The van der Waals surface area contributed by atoms with E-state index in [1.54, 1.807) is 0 Å². The maximum atomic E-state index is 5.86. The molecule has 0 N–H and O–H groups in total. The minimum absolute atomic E-state index is 0.104. The van der Waals surface area contributed by atoms with Crippen LogP contribution in [0, 0.1) is 0 Å². The molecule has 0 aromatic heterocycles. The molecule has 2 aliphatic carbocycles. The van der Waals surface area contributed by atoms with Gasteiger partial charge in [0.15, 0.2) is 5.22 Å². The van der Waals surface area contributed by atoms with E-state index in [1.807, 2.05) is 0 Å². The SMILES string of the molecule is CC1(OC(Cl)=C2CC2)CC1. The van der Waals surface area contributed by atoms with Crippen LogP contribution in [0.25, 0.3) is 0 Å². The summed E-state index contributed by atoms with van der Waals surface area (Å²) in [5.41, 5.74) is 1.40. The molecular weight excluding hydrogens is 148 g/mol. The monoisotopic (exact) mass is 158 g/mol. The van der Waals surface area contributed by atoms with Gasteiger partial charge in [-0.25, -0.2) is 0 Å². The van der Waals surface area contributed by atoms with Gasteiger partial charge in [-0.2, -0.15) is 0 Å². The Labute approximate surface area is 66.0 Å². The Morgan fingerprint density at radius 2 is 2.10 bits per heavy atom. The largest absolute Gasteiger partial charge is 0.477 e. The van der Waals surface area contributed by atoms with Crippen molar-refractivity contribution in [3.63, 3.8) is 0 Å². The zero-order chi connectivity index (χ0) is 7.19. The Hall–Kier alpha value is -0.170. The second-order valence-corrected chi connectivity index (χ2v) is 3.77. The summed E-state index contributed by atoms with van der Waals surface area (Å²) in [5, 5.41) is 0.681. The van der Waals surface area contributed by atoms with Crippen LogP contribution in [-0.4, -0.2) is 5.60 Å². The summed E-state index contributed by atoms with van der Waals surface area (Å²) in [5.74, 6) is 0. The first kappa shape index (κ1) is 6.53. The fraction of sp³-hybridized carbons (Fsp3) is 0.750. The lowest BCUT2D eigenvalue weighted by molar-refractivity contribution is 0.128. The van der Waals surface area contributed by atoms with Gasteiger partial charge in [0.1, 0.15) is 5.60 Å². The van der Waals surface area contributed by atoms with E-state index in [0.717, 1.165) is 25.7 Å². The second kappa shape index (κ2) is 1.91. The molecule has 2 aliphatic rings. The van der Waals surface area contributed by atoms with E-state index in [-0.39, 0.29) is 5.60 Å². The van der Waals surface area contributed by atoms with Gasteiger partial charge < -0.3 is 4.74 Å². The van der Waals surface area contributed by atoms with E-state index in [0.29, 0.717) is 5.22 Å². The molecule has 0 spiro atoms. The molecule has 10 heavy (non-hydrogen) atoms. The first-order valence-electron chi connectivity index (χ1n) is 3.76. The molecule has 2 fully saturated rings. The number of halogens is 1. The predicted molar refractivity (Wildman–Crippen MR) is 40.8 cm³/mol. The summed E-state index contributed by atoms with van der Waals surface area (Å²) < 4.78 is 5.52. The maximum absolute atomic E-state index is 5.86. The average molecular weight is 159 g/mol. The van der Waals surface area contributed by atoms with Gasteiger partial charge in [-0.15, -0.1) is 0 Å². The van der Waals surface area contributed by atoms with Crippen molar-refractivity contribution in [2.45, 2.75) is 38.2 Å². The van der Waals surface area contributed by atoms with Gasteiger partial charge in [0.2, 0.25) is 0 Å². The minimum atomic E-state index is 0.104. The number of hydrogen-bond acceptors (Lipinski definition) is 1. The summed E-state index contributed by atoms with van der Waals surface area (Å²) in [7, 11) is 0. The van der Waals surface area contributed by atoms with E-state index >= 15 is 0 Å². The molecule has 56 valence electrons. The minimum Gasteiger partial charge on any atom is -0.477 e. The third-order valence-corrected chi connectivity index (χ3v) is 2.41. The van der Waals surface area contributed by atoms with Crippen LogP contribution in [0.1, 0.15) is 32.6 Å².